The number of hydrogen-bond acceptors (Lipinski definition) is 3. The molecule has 1 atom stereocenters. The molecule has 0 bridgehead atoms. The summed E-state index contributed by atoms with van der Waals surface area (Å²) in [7, 11) is 3.51. The van der Waals surface area contributed by atoms with Crippen LogP contribution in [0.5, 0.6) is 0 Å². The van der Waals surface area contributed by atoms with Crippen LogP contribution in [-0.2, 0) is 17.9 Å². The molecule has 0 aliphatic heterocycles. The van der Waals surface area contributed by atoms with Gasteiger partial charge in [-0.05, 0) is 39.4 Å². The first-order valence-corrected chi connectivity index (χ1v) is 8.70. The summed E-state index contributed by atoms with van der Waals surface area (Å²) in [6, 6.07) is 10.6. The summed E-state index contributed by atoms with van der Waals surface area (Å²) >= 11 is 1.74. The van der Waals surface area contributed by atoms with E-state index >= 15 is 0 Å². The van der Waals surface area contributed by atoms with Gasteiger partial charge in [-0.3, -0.25) is 4.99 Å². The molecule has 132 valence electrons. The maximum atomic E-state index is 5.17. The highest BCUT2D eigenvalue weighted by atomic mass is 127. The molecule has 0 aliphatic carbocycles. The van der Waals surface area contributed by atoms with E-state index in [1.807, 2.05) is 0 Å². The minimum absolute atomic E-state index is 0. The second-order valence-electron chi connectivity index (χ2n) is 5.52. The van der Waals surface area contributed by atoms with Crippen molar-refractivity contribution in [2.24, 2.45) is 4.99 Å². The van der Waals surface area contributed by atoms with Crippen LogP contribution < -0.4 is 10.6 Å². The van der Waals surface area contributed by atoms with Crippen LogP contribution in [0.25, 0.3) is 0 Å². The summed E-state index contributed by atoms with van der Waals surface area (Å²) in [5.74, 6) is 1.29. The summed E-state index contributed by atoms with van der Waals surface area (Å²) in [4.78, 5) is 4.29. The van der Waals surface area contributed by atoms with E-state index in [0.29, 0.717) is 12.5 Å². The van der Waals surface area contributed by atoms with Gasteiger partial charge in [0.1, 0.15) is 0 Å². The van der Waals surface area contributed by atoms with Gasteiger partial charge >= 0.3 is 0 Å². The highest BCUT2D eigenvalue weighted by molar-refractivity contribution is 14.0. The Bertz CT molecular complexity index is 616. The first-order chi connectivity index (χ1) is 11.2. The fourth-order valence-corrected chi connectivity index (χ4v) is 3.11. The second kappa shape index (κ2) is 11.4. The number of aliphatic imine (C=N–C) groups is 1. The van der Waals surface area contributed by atoms with Gasteiger partial charge in [0.15, 0.2) is 5.96 Å². The van der Waals surface area contributed by atoms with Gasteiger partial charge in [0.2, 0.25) is 0 Å². The molecule has 1 unspecified atom stereocenters. The maximum absolute atomic E-state index is 5.17. The van der Waals surface area contributed by atoms with Gasteiger partial charge in [0.25, 0.3) is 0 Å². The number of nitrogens with zero attached hydrogens (tertiary/aromatic N) is 1. The lowest BCUT2D eigenvalue weighted by molar-refractivity contribution is 0.185. The minimum Gasteiger partial charge on any atom is -0.380 e. The summed E-state index contributed by atoms with van der Waals surface area (Å²) in [5.41, 5.74) is 3.76. The van der Waals surface area contributed by atoms with Crippen LogP contribution >= 0.6 is 35.3 Å². The Morgan fingerprint density at radius 2 is 2.04 bits per heavy atom. The van der Waals surface area contributed by atoms with Gasteiger partial charge in [-0.25, -0.2) is 0 Å². The topological polar surface area (TPSA) is 45.7 Å². The van der Waals surface area contributed by atoms with E-state index < -0.39 is 0 Å². The first-order valence-electron chi connectivity index (χ1n) is 7.76. The smallest absolute Gasteiger partial charge is 0.191 e. The number of methoxy groups -OCH3 is 1. The third-order valence-electron chi connectivity index (χ3n) is 3.67. The molecule has 1 aromatic carbocycles. The van der Waals surface area contributed by atoms with E-state index in [4.69, 9.17) is 4.74 Å². The van der Waals surface area contributed by atoms with Crippen LogP contribution in [0.3, 0.4) is 0 Å². The zero-order chi connectivity index (χ0) is 16.5. The molecule has 0 spiro atoms. The SMILES string of the molecule is CN=C(NCc1cccc(COC)c1)NCC(C)c1ccsc1.I. The van der Waals surface area contributed by atoms with Crippen molar-refractivity contribution in [3.8, 4) is 0 Å². The van der Waals surface area contributed by atoms with Crippen LogP contribution in [0.1, 0.15) is 29.5 Å². The van der Waals surface area contributed by atoms with Crippen molar-refractivity contribution >= 4 is 41.3 Å². The third kappa shape index (κ3) is 6.78. The third-order valence-corrected chi connectivity index (χ3v) is 4.38. The molecular formula is C18H26IN3OS. The second-order valence-corrected chi connectivity index (χ2v) is 6.30. The highest BCUT2D eigenvalue weighted by Gasteiger charge is 2.07. The number of halogens is 1. The van der Waals surface area contributed by atoms with Crippen molar-refractivity contribution in [3.05, 3.63) is 57.8 Å². The minimum atomic E-state index is 0. The molecular weight excluding hydrogens is 433 g/mol. The molecule has 1 heterocycles. The molecule has 0 radical (unpaired) electrons. The van der Waals surface area contributed by atoms with E-state index in [9.17, 15) is 0 Å². The number of guanidine groups is 1. The number of thiophene rings is 1. The van der Waals surface area contributed by atoms with Crippen LogP contribution in [0.2, 0.25) is 0 Å². The normalized spacial score (nSPS) is 12.4. The van der Waals surface area contributed by atoms with Crippen LogP contribution in [0.4, 0.5) is 0 Å². The molecule has 2 N–H and O–H groups in total. The average Bonchev–Trinajstić information content (AvgIpc) is 3.10. The van der Waals surface area contributed by atoms with Crippen molar-refractivity contribution in [1.29, 1.82) is 0 Å². The van der Waals surface area contributed by atoms with Crippen molar-refractivity contribution in [2.75, 3.05) is 20.7 Å². The van der Waals surface area contributed by atoms with Gasteiger partial charge in [-0.2, -0.15) is 11.3 Å². The lowest BCUT2D eigenvalue weighted by Gasteiger charge is -2.15. The monoisotopic (exact) mass is 459 g/mol. The quantitative estimate of drug-likeness (QED) is 0.374. The number of rotatable bonds is 7. The Kier molecular flexibility index (Phi) is 9.97. The summed E-state index contributed by atoms with van der Waals surface area (Å²) in [5, 5.41) is 11.1. The average molecular weight is 459 g/mol. The molecule has 4 nitrogen and oxygen atoms in total. The predicted octanol–water partition coefficient (Wildman–Crippen LogP) is 3.98. The highest BCUT2D eigenvalue weighted by Crippen LogP contribution is 2.17. The van der Waals surface area contributed by atoms with Crippen LogP contribution in [-0.4, -0.2) is 26.7 Å². The van der Waals surface area contributed by atoms with Crippen LogP contribution in [0, 0.1) is 0 Å². The van der Waals surface area contributed by atoms with Gasteiger partial charge in [0, 0.05) is 27.2 Å². The number of nitrogens with one attached hydrogen (secondary N) is 2. The Labute approximate surface area is 165 Å². The molecule has 2 rings (SSSR count). The van der Waals surface area contributed by atoms with Crippen molar-refractivity contribution < 1.29 is 4.74 Å². The molecule has 6 heteroatoms. The van der Waals surface area contributed by atoms with Gasteiger partial charge in [0.05, 0.1) is 6.61 Å². The van der Waals surface area contributed by atoms with Crippen molar-refractivity contribution in [2.45, 2.75) is 26.0 Å². The largest absolute Gasteiger partial charge is 0.380 e. The van der Waals surface area contributed by atoms with E-state index in [1.165, 1.54) is 16.7 Å². The summed E-state index contributed by atoms with van der Waals surface area (Å²) in [6.45, 7) is 4.46. The molecule has 0 fully saturated rings. The first kappa shape index (κ1) is 20.9. The molecule has 0 saturated heterocycles. The molecule has 2 aromatic rings. The van der Waals surface area contributed by atoms with Crippen LogP contribution in [0.15, 0.2) is 46.1 Å². The Morgan fingerprint density at radius 1 is 1.25 bits per heavy atom. The zero-order valence-corrected chi connectivity index (χ0v) is 17.6. The Balaban J connectivity index is 0.00000288. The lowest BCUT2D eigenvalue weighted by Crippen LogP contribution is -2.38. The van der Waals surface area contributed by atoms with E-state index in [1.54, 1.807) is 25.5 Å². The Hall–Kier alpha value is -1.12. The molecule has 0 saturated carbocycles. The van der Waals surface area contributed by atoms with Gasteiger partial charge in [-0.1, -0.05) is 31.2 Å². The fourth-order valence-electron chi connectivity index (χ4n) is 2.33. The standard InChI is InChI=1S/C18H25N3OS.HI/c1-14(17-7-8-23-13-17)10-20-18(19-2)21-11-15-5-4-6-16(9-15)12-22-3;/h4-9,13-14H,10-12H2,1-3H3,(H2,19,20,21);1H. The number of hydrogen-bond donors (Lipinski definition) is 2. The van der Waals surface area contributed by atoms with E-state index in [2.05, 4.69) is 63.6 Å². The van der Waals surface area contributed by atoms with Crippen molar-refractivity contribution in [1.82, 2.24) is 10.6 Å². The molecule has 0 amide bonds. The Morgan fingerprint density at radius 3 is 2.71 bits per heavy atom. The van der Waals surface area contributed by atoms with Crippen molar-refractivity contribution in [3.63, 3.8) is 0 Å². The molecule has 1 aromatic heterocycles. The fraction of sp³-hybridized carbons (Fsp3) is 0.389. The molecule has 24 heavy (non-hydrogen) atoms. The predicted molar refractivity (Wildman–Crippen MR) is 114 cm³/mol. The van der Waals surface area contributed by atoms with E-state index in [0.717, 1.165) is 19.0 Å². The van der Waals surface area contributed by atoms with Gasteiger partial charge < -0.3 is 15.4 Å². The lowest BCUT2D eigenvalue weighted by atomic mass is 10.1. The molecule has 0 aliphatic rings. The summed E-state index contributed by atoms with van der Waals surface area (Å²) < 4.78 is 5.17. The maximum Gasteiger partial charge on any atom is 0.191 e. The zero-order valence-electron chi connectivity index (χ0n) is 14.4. The van der Waals surface area contributed by atoms with Gasteiger partial charge in [-0.15, -0.1) is 24.0 Å². The number of ether oxygens (including phenoxy) is 1. The summed E-state index contributed by atoms with van der Waals surface area (Å²) in [6.07, 6.45) is 0. The van der Waals surface area contributed by atoms with E-state index in [-0.39, 0.29) is 24.0 Å². The number of benzene rings is 1.